The molecular weight excluding hydrogens is 202 g/mol. The summed E-state index contributed by atoms with van der Waals surface area (Å²) >= 11 is 0. The molecule has 2 heterocycles. The Morgan fingerprint density at radius 2 is 2.31 bits per heavy atom. The number of aromatic nitrogens is 1. The van der Waals surface area contributed by atoms with Crippen molar-refractivity contribution < 1.29 is 4.79 Å². The van der Waals surface area contributed by atoms with Crippen LogP contribution in [0, 0.1) is 12.8 Å². The van der Waals surface area contributed by atoms with Crippen molar-refractivity contribution in [1.82, 2.24) is 10.4 Å². The van der Waals surface area contributed by atoms with Crippen LogP contribution in [-0.2, 0) is 4.79 Å². The fourth-order valence-corrected chi connectivity index (χ4v) is 1.92. The van der Waals surface area contributed by atoms with E-state index in [1.54, 1.807) is 0 Å². The third kappa shape index (κ3) is 1.56. The fourth-order valence-electron chi connectivity index (χ4n) is 1.92. The second-order valence-electron chi connectivity index (χ2n) is 4.40. The van der Waals surface area contributed by atoms with Gasteiger partial charge in [0, 0.05) is 17.8 Å². The molecular formula is C12H13N3O. The second-order valence-corrected chi connectivity index (χ2v) is 4.40. The summed E-state index contributed by atoms with van der Waals surface area (Å²) in [5.41, 5.74) is 6.29. The van der Waals surface area contributed by atoms with Gasteiger partial charge in [-0.2, -0.15) is 5.10 Å². The van der Waals surface area contributed by atoms with Crippen LogP contribution < -0.4 is 5.43 Å². The van der Waals surface area contributed by atoms with Crippen LogP contribution in [-0.4, -0.2) is 16.6 Å². The molecule has 0 radical (unpaired) electrons. The van der Waals surface area contributed by atoms with Crippen LogP contribution in [0.25, 0.3) is 6.08 Å². The molecule has 2 N–H and O–H groups in total. The van der Waals surface area contributed by atoms with Crippen molar-refractivity contribution >= 4 is 17.7 Å². The van der Waals surface area contributed by atoms with Crippen LogP contribution in [0.3, 0.4) is 0 Å². The van der Waals surface area contributed by atoms with Crippen LogP contribution in [0.1, 0.15) is 24.1 Å². The number of rotatable bonds is 2. The van der Waals surface area contributed by atoms with E-state index in [9.17, 15) is 4.79 Å². The van der Waals surface area contributed by atoms with Gasteiger partial charge < -0.3 is 4.98 Å². The average molecular weight is 215 g/mol. The molecule has 0 bridgehead atoms. The second kappa shape index (κ2) is 3.33. The van der Waals surface area contributed by atoms with E-state index in [2.05, 4.69) is 15.5 Å². The summed E-state index contributed by atoms with van der Waals surface area (Å²) in [5.74, 6) is 0.399. The highest BCUT2D eigenvalue weighted by molar-refractivity contribution is 6.28. The number of H-pyrrole nitrogens is 1. The lowest BCUT2D eigenvalue weighted by molar-refractivity contribution is -0.116. The monoisotopic (exact) mass is 215 g/mol. The van der Waals surface area contributed by atoms with Gasteiger partial charge in [0.1, 0.15) is 0 Å². The van der Waals surface area contributed by atoms with E-state index in [-0.39, 0.29) is 5.91 Å². The van der Waals surface area contributed by atoms with E-state index >= 15 is 0 Å². The van der Waals surface area contributed by atoms with Gasteiger partial charge in [-0.15, -0.1) is 0 Å². The number of hydrogen-bond donors (Lipinski definition) is 2. The quantitative estimate of drug-likeness (QED) is 0.723. The van der Waals surface area contributed by atoms with Gasteiger partial charge in [0.15, 0.2) is 0 Å². The van der Waals surface area contributed by atoms with Gasteiger partial charge in [-0.05, 0) is 37.5 Å². The first-order valence-corrected chi connectivity index (χ1v) is 5.49. The van der Waals surface area contributed by atoms with Crippen molar-refractivity contribution in [3.8, 4) is 0 Å². The minimum atomic E-state index is -0.0887. The Bertz CT molecular complexity index is 506. The van der Waals surface area contributed by atoms with E-state index < -0.39 is 0 Å². The smallest absolute Gasteiger partial charge is 0.273 e. The molecule has 16 heavy (non-hydrogen) atoms. The lowest BCUT2D eigenvalue weighted by atomic mass is 10.1. The van der Waals surface area contributed by atoms with Gasteiger partial charge in [0.2, 0.25) is 0 Å². The van der Waals surface area contributed by atoms with Gasteiger partial charge in [-0.3, -0.25) is 4.79 Å². The summed E-state index contributed by atoms with van der Waals surface area (Å²) in [5, 5.41) is 4.10. The number of nitrogens with one attached hydrogen (secondary N) is 2. The largest absolute Gasteiger partial charge is 0.361 e. The van der Waals surface area contributed by atoms with Gasteiger partial charge in [-0.1, -0.05) is 0 Å². The summed E-state index contributed by atoms with van der Waals surface area (Å²) < 4.78 is 0. The Morgan fingerprint density at radius 1 is 1.50 bits per heavy atom. The van der Waals surface area contributed by atoms with E-state index in [0.717, 1.165) is 29.8 Å². The van der Waals surface area contributed by atoms with Crippen molar-refractivity contribution in [2.24, 2.45) is 11.0 Å². The Kier molecular flexibility index (Phi) is 1.96. The Labute approximate surface area is 93.4 Å². The predicted octanol–water partition coefficient (Wildman–Crippen LogP) is 1.60. The Balaban J connectivity index is 1.94. The van der Waals surface area contributed by atoms with E-state index in [1.165, 1.54) is 0 Å². The molecule has 0 saturated heterocycles. The highest BCUT2D eigenvalue weighted by Crippen LogP contribution is 2.35. The molecule has 0 aromatic carbocycles. The zero-order valence-electron chi connectivity index (χ0n) is 9.08. The number of hydrogen-bond acceptors (Lipinski definition) is 2. The van der Waals surface area contributed by atoms with Crippen LogP contribution in [0.2, 0.25) is 0 Å². The lowest BCUT2D eigenvalue weighted by Gasteiger charge is -1.97. The molecule has 1 aromatic heterocycles. The highest BCUT2D eigenvalue weighted by Gasteiger charge is 2.35. The topological polar surface area (TPSA) is 57.2 Å². The fraction of sp³-hybridized carbons (Fsp3) is 0.333. The van der Waals surface area contributed by atoms with Crippen molar-refractivity contribution in [1.29, 1.82) is 0 Å². The maximum Gasteiger partial charge on any atom is 0.273 e. The number of carbonyl (C=O) groups excluding carboxylic acids is 1. The first kappa shape index (κ1) is 9.39. The number of nitrogens with zero attached hydrogens (tertiary/aromatic N) is 1. The highest BCUT2D eigenvalue weighted by atomic mass is 16.2. The van der Waals surface area contributed by atoms with Crippen LogP contribution in [0.4, 0.5) is 0 Å². The number of aryl methyl sites for hydroxylation is 1. The van der Waals surface area contributed by atoms with Gasteiger partial charge in [0.05, 0.1) is 11.3 Å². The normalized spacial score (nSPS) is 22.4. The van der Waals surface area contributed by atoms with E-state index in [0.29, 0.717) is 11.5 Å². The molecule has 0 atom stereocenters. The molecule has 1 aliphatic heterocycles. The Morgan fingerprint density at radius 3 is 2.94 bits per heavy atom. The van der Waals surface area contributed by atoms with E-state index in [1.807, 2.05) is 25.3 Å². The molecule has 0 spiro atoms. The number of carbonyl (C=O) groups is 1. The van der Waals surface area contributed by atoms with Crippen molar-refractivity contribution in [3.63, 3.8) is 0 Å². The molecule has 1 aliphatic carbocycles. The molecule has 4 nitrogen and oxygen atoms in total. The molecule has 1 amide bonds. The van der Waals surface area contributed by atoms with Crippen LogP contribution in [0.15, 0.2) is 22.9 Å². The average Bonchev–Trinajstić information content (AvgIpc) is 2.93. The number of aromatic amines is 1. The minimum absolute atomic E-state index is 0.0887. The third-order valence-electron chi connectivity index (χ3n) is 2.91. The van der Waals surface area contributed by atoms with E-state index in [4.69, 9.17) is 0 Å². The van der Waals surface area contributed by atoms with Crippen molar-refractivity contribution in [3.05, 3.63) is 29.1 Å². The zero-order valence-corrected chi connectivity index (χ0v) is 9.08. The van der Waals surface area contributed by atoms with Gasteiger partial charge in [0.25, 0.3) is 5.91 Å². The van der Waals surface area contributed by atoms with Crippen LogP contribution >= 0.6 is 0 Å². The summed E-state index contributed by atoms with van der Waals surface area (Å²) in [4.78, 5) is 14.7. The minimum Gasteiger partial charge on any atom is -0.361 e. The molecule has 1 aromatic rings. The molecule has 1 fully saturated rings. The van der Waals surface area contributed by atoms with Gasteiger partial charge in [-0.25, -0.2) is 5.43 Å². The van der Waals surface area contributed by atoms with Crippen molar-refractivity contribution in [2.75, 3.05) is 0 Å². The van der Waals surface area contributed by atoms with Gasteiger partial charge >= 0.3 is 0 Å². The third-order valence-corrected chi connectivity index (χ3v) is 2.91. The number of amides is 1. The zero-order chi connectivity index (χ0) is 11.1. The molecule has 4 heteroatoms. The summed E-state index contributed by atoms with van der Waals surface area (Å²) in [6.07, 6.45) is 6.10. The van der Waals surface area contributed by atoms with Crippen LogP contribution in [0.5, 0.6) is 0 Å². The summed E-state index contributed by atoms with van der Waals surface area (Å²) in [6, 6.07) is 2.02. The standard InChI is InChI=1S/C12H13N3O/c1-7-4-9(13-6-7)5-10-11(8-2-3-8)14-15-12(10)16/h4-6,8,13H,2-3H2,1H3,(H,15,16)/b10-5+. The summed E-state index contributed by atoms with van der Waals surface area (Å²) in [7, 11) is 0. The maximum atomic E-state index is 11.6. The van der Waals surface area contributed by atoms with Crippen molar-refractivity contribution in [2.45, 2.75) is 19.8 Å². The SMILES string of the molecule is Cc1c[nH]c(/C=C2/C(=O)NN=C2C2CC2)c1. The first-order chi connectivity index (χ1) is 7.74. The molecule has 1 saturated carbocycles. The molecule has 82 valence electrons. The maximum absolute atomic E-state index is 11.6. The molecule has 3 rings (SSSR count). The first-order valence-electron chi connectivity index (χ1n) is 5.49. The number of hydrazone groups is 1. The summed E-state index contributed by atoms with van der Waals surface area (Å²) in [6.45, 7) is 2.02. The predicted molar refractivity (Wildman–Crippen MR) is 61.8 cm³/mol. The lowest BCUT2D eigenvalue weighted by Crippen LogP contribution is -2.13. The molecule has 2 aliphatic rings. The Hall–Kier alpha value is -1.84. The molecule has 0 unspecified atom stereocenters.